The number of hydrogen-bond donors (Lipinski definition) is 0. The molecule has 42 valence electrons. The van der Waals surface area contributed by atoms with E-state index in [4.69, 9.17) is 19.9 Å². The molecule has 0 radical (unpaired) electrons. The van der Waals surface area contributed by atoms with Crippen LogP contribution in [0.4, 0.5) is 0 Å². The Balaban J connectivity index is -0.00000000267. The third-order valence-electron chi connectivity index (χ3n) is 0. The highest BCUT2D eigenvalue weighted by Gasteiger charge is 0.709. The lowest BCUT2D eigenvalue weighted by Crippen LogP contribution is -0.674. The van der Waals surface area contributed by atoms with Crippen LogP contribution in [-0.4, -0.2) is 11.0 Å². The summed E-state index contributed by atoms with van der Waals surface area (Å²) >= 11 is 0. The number of hydrogen-bond acceptors (Lipinski definition) is 4. The summed E-state index contributed by atoms with van der Waals surface area (Å²) in [5.74, 6) is 0. The lowest BCUT2D eigenvalue weighted by Gasteiger charge is -0.707. The first-order chi connectivity index (χ1) is 2.00. The molecule has 0 amide bonds. The Kier molecular flexibility index (Phi) is 598. The van der Waals surface area contributed by atoms with E-state index in [1.54, 1.807) is 0 Å². The van der Waals surface area contributed by atoms with Crippen molar-refractivity contribution in [3.8, 4) is 0 Å². The van der Waals surface area contributed by atoms with Gasteiger partial charge in [0.1, 0.15) is 0 Å². The summed E-state index contributed by atoms with van der Waals surface area (Å²) in [6.45, 7) is 0. The van der Waals surface area contributed by atoms with Crippen LogP contribution in [-0.2, 0) is 0 Å². The molecule has 0 heterocycles. The van der Waals surface area contributed by atoms with Crippen LogP contribution in [0.25, 0.3) is 0 Å². The van der Waals surface area contributed by atoms with Crippen molar-refractivity contribution < 1.29 is 12.4 Å². The fourth-order valence-corrected chi connectivity index (χ4v) is 0. The topological polar surface area (TPSA) is 131 Å². The fraction of sp³-hybridized carbons (Fsp3) is 0. The normalized spacial score (nSPS) is 1.33. The van der Waals surface area contributed by atoms with Gasteiger partial charge < -0.3 is 11.0 Å². The summed E-state index contributed by atoms with van der Waals surface area (Å²) < 4.78 is 0. The molecule has 0 aliphatic heterocycles. The van der Waals surface area contributed by atoms with Gasteiger partial charge in [-0.2, -0.15) is 0 Å². The summed E-state index contributed by atoms with van der Waals surface area (Å²) in [7, 11) is 0. The maximum absolute atomic E-state index is 7.00. The molecule has 0 aliphatic carbocycles. The Morgan fingerprint density at radius 1 is 0.667 bits per heavy atom. The fourth-order valence-electron chi connectivity index (χ4n) is 0. The quantitative estimate of drug-likeness (QED) is 0.377. The molecular formula is H6O6. The van der Waals surface area contributed by atoms with E-state index in [9.17, 15) is 0 Å². The van der Waals surface area contributed by atoms with Crippen molar-refractivity contribution in [2.24, 2.45) is 0 Å². The third-order valence-corrected chi connectivity index (χ3v) is 0. The minimum atomic E-state index is 0. The molecule has 0 atom stereocenters. The van der Waals surface area contributed by atoms with Crippen LogP contribution >= 0.6 is 0 Å². The number of rotatable bonds is 0. The van der Waals surface area contributed by atoms with Gasteiger partial charge in [0.2, 0.25) is 0 Å². The molecule has 6 heavy (non-hydrogen) atoms. The zero-order chi connectivity index (χ0) is 4.00. The predicted octanol–water partition coefficient (Wildman–Crippen LogP) is -1.27. The molecule has 0 saturated carbocycles. The molecule has 0 saturated heterocycles. The van der Waals surface area contributed by atoms with Crippen LogP contribution in [0, 0.1) is 19.9 Å². The lowest BCUT2D eigenvalue weighted by molar-refractivity contribution is 0.823. The van der Waals surface area contributed by atoms with Crippen LogP contribution in [0.5, 0.6) is 0 Å². The Morgan fingerprint density at radius 3 is 0.667 bits per heavy atom. The van der Waals surface area contributed by atoms with Crippen LogP contribution < -0.4 is 0 Å². The molecule has 6 nitrogen and oxygen atoms in total. The largest absolute Gasteiger partial charge is 0.412 e. The van der Waals surface area contributed by atoms with Crippen LogP contribution in [0.3, 0.4) is 0 Å². The molecule has 0 aromatic heterocycles. The van der Waals surface area contributed by atoms with Crippen molar-refractivity contribution in [1.82, 2.24) is 0 Å². The zero-order valence-corrected chi connectivity index (χ0v) is 2.63. The highest BCUT2D eigenvalue weighted by atomic mass is 16.7. The van der Waals surface area contributed by atoms with Crippen molar-refractivity contribution in [2.45, 2.75) is 0 Å². The molecule has 0 fully saturated rings. The summed E-state index contributed by atoms with van der Waals surface area (Å²) in [6.07, 6.45) is 0. The average molecular weight is 102 g/mol. The SMILES string of the molecule is O.O.O=O.O=O.[HH]. The second-order valence-electron chi connectivity index (χ2n) is 0. The average Bonchev–Trinajstić information content (AvgIpc) is 1.50. The lowest BCUT2D eigenvalue weighted by atomic mass is 15.3. The Morgan fingerprint density at radius 2 is 0.667 bits per heavy atom. The van der Waals surface area contributed by atoms with Gasteiger partial charge in [-0.1, -0.05) is 0 Å². The van der Waals surface area contributed by atoms with Gasteiger partial charge in [0.15, 0.2) is 0 Å². The van der Waals surface area contributed by atoms with E-state index in [-0.39, 0.29) is 12.4 Å². The zero-order valence-electron chi connectivity index (χ0n) is 2.63. The summed E-state index contributed by atoms with van der Waals surface area (Å²) in [5.41, 5.74) is 0. The summed E-state index contributed by atoms with van der Waals surface area (Å²) in [4.78, 5) is 28.0. The first kappa shape index (κ1) is 69.3. The standard InChI is InChI=1S/2O2.2H2O.H2/c2*1-2;;;/h;;2*1H2;1H. The molecule has 0 bridgehead atoms. The minimum absolute atomic E-state index is 0. The molecule has 4 N–H and O–H groups in total. The van der Waals surface area contributed by atoms with Crippen molar-refractivity contribution in [3.63, 3.8) is 0 Å². The summed E-state index contributed by atoms with van der Waals surface area (Å²) in [5, 5.41) is 0. The molecule has 0 spiro atoms. The second-order valence-corrected chi connectivity index (χ2v) is 0. The van der Waals surface area contributed by atoms with Gasteiger partial charge in [0.25, 0.3) is 0 Å². The third kappa shape index (κ3) is 18.1. The molecule has 0 unspecified atom stereocenters. The molecule has 0 aromatic carbocycles. The first-order valence-electron chi connectivity index (χ1n) is 0.333. The van der Waals surface area contributed by atoms with Gasteiger partial charge in [-0.05, 0) is 0 Å². The van der Waals surface area contributed by atoms with Crippen molar-refractivity contribution in [2.75, 3.05) is 0 Å². The van der Waals surface area contributed by atoms with Gasteiger partial charge >= 0.3 is 0 Å². The van der Waals surface area contributed by atoms with E-state index in [0.717, 1.165) is 0 Å². The molecule has 0 aromatic rings. The predicted molar refractivity (Wildman–Crippen MR) is 22.8 cm³/mol. The molecule has 0 aliphatic rings. The Bertz CT molecular complexity index is 6.14. The van der Waals surface area contributed by atoms with Crippen LogP contribution in [0.15, 0.2) is 0 Å². The van der Waals surface area contributed by atoms with Crippen LogP contribution in [0.2, 0.25) is 0 Å². The van der Waals surface area contributed by atoms with Crippen LogP contribution in [0.1, 0.15) is 1.43 Å². The van der Waals surface area contributed by atoms with Crippen molar-refractivity contribution in [3.05, 3.63) is 19.9 Å². The van der Waals surface area contributed by atoms with E-state index in [2.05, 4.69) is 0 Å². The molecular weight excluding hydrogens is 96.0 g/mol. The smallest absolute Gasteiger partial charge is 0 e. The Hall–Kier alpha value is -0.880. The van der Waals surface area contributed by atoms with Crippen molar-refractivity contribution in [1.29, 1.82) is 0 Å². The monoisotopic (exact) mass is 102 g/mol. The summed E-state index contributed by atoms with van der Waals surface area (Å²) in [6, 6.07) is 0. The van der Waals surface area contributed by atoms with E-state index in [1.807, 2.05) is 0 Å². The van der Waals surface area contributed by atoms with Gasteiger partial charge in [-0.15, -0.1) is 0 Å². The van der Waals surface area contributed by atoms with Gasteiger partial charge in [0.05, 0.1) is 0 Å². The van der Waals surface area contributed by atoms with Crippen molar-refractivity contribution >= 4 is 0 Å². The Labute approximate surface area is 33.7 Å². The maximum Gasteiger partial charge on any atom is 0 e. The highest BCUT2D eigenvalue weighted by Crippen LogP contribution is 0.743. The van der Waals surface area contributed by atoms with Gasteiger partial charge in [-0.3, -0.25) is 0 Å². The van der Waals surface area contributed by atoms with Gasteiger partial charge in [0, 0.05) is 21.3 Å². The molecule has 6 heteroatoms. The minimum Gasteiger partial charge on any atom is -0.412 e. The van der Waals surface area contributed by atoms with E-state index in [0.29, 0.717) is 0 Å². The van der Waals surface area contributed by atoms with E-state index >= 15 is 0 Å². The second kappa shape index (κ2) is 51.8. The van der Waals surface area contributed by atoms with E-state index in [1.165, 1.54) is 0 Å². The highest BCUT2D eigenvalue weighted by molar-refractivity contribution is 4.08. The molecule has 0 rings (SSSR count). The maximum atomic E-state index is 7.00. The first-order valence-corrected chi connectivity index (χ1v) is 0.333. The van der Waals surface area contributed by atoms with Gasteiger partial charge in [-0.25, -0.2) is 0 Å². The van der Waals surface area contributed by atoms with E-state index < -0.39 is 0 Å².